The number of aliphatic hydroxyl groups is 1. The first kappa shape index (κ1) is 27.6. The predicted octanol–water partition coefficient (Wildman–Crippen LogP) is 6.21. The molecule has 0 radical (unpaired) electrons. The van der Waals surface area contributed by atoms with Crippen molar-refractivity contribution in [2.75, 3.05) is 11.9 Å². The average molecular weight is 575 g/mol. The number of carbonyl (C=O) groups is 1. The summed E-state index contributed by atoms with van der Waals surface area (Å²) in [5, 5.41) is 15.4. The second-order valence-corrected chi connectivity index (χ2v) is 11.5. The Kier molecular flexibility index (Phi) is 8.04. The van der Waals surface area contributed by atoms with Crippen molar-refractivity contribution in [3.05, 3.63) is 131 Å². The van der Waals surface area contributed by atoms with Crippen molar-refractivity contribution in [3.8, 4) is 0 Å². The zero-order chi connectivity index (χ0) is 28.3. The molecule has 204 valence electrons. The lowest BCUT2D eigenvalue weighted by molar-refractivity contribution is 0.0785. The van der Waals surface area contributed by atoms with Crippen LogP contribution in [-0.2, 0) is 14.3 Å². The molecule has 5 rings (SSSR count). The number of hydrogen-bond donors (Lipinski definition) is 2. The van der Waals surface area contributed by atoms with Gasteiger partial charge in [-0.3, -0.25) is 8.98 Å². The number of halogens is 1. The van der Waals surface area contributed by atoms with E-state index in [2.05, 4.69) is 5.32 Å². The molecule has 7 nitrogen and oxygen atoms in total. The maximum absolute atomic E-state index is 12.9. The standard InChI is InChI=1S/C31H27ClN2O5S/c1-21-10-13-27(14-11-21)40(37,38)39-20-29(35)30(22-6-3-2-4-7-22)34-17-16-23-18-24(12-15-28(23)34)31(36)33-26-9-5-8-25(32)19-26/h2-19,29-30,35H,20H2,1H3,(H,33,36)/t29-,30+/m1/s1. The van der Waals surface area contributed by atoms with E-state index in [1.165, 1.54) is 12.1 Å². The van der Waals surface area contributed by atoms with Gasteiger partial charge in [-0.1, -0.05) is 65.7 Å². The Morgan fingerprint density at radius 2 is 1.70 bits per heavy atom. The molecule has 0 spiro atoms. The number of fused-ring (bicyclic) bond motifs is 1. The van der Waals surface area contributed by atoms with Crippen LogP contribution in [0.15, 0.2) is 114 Å². The van der Waals surface area contributed by atoms with Gasteiger partial charge >= 0.3 is 0 Å². The first-order chi connectivity index (χ1) is 19.2. The highest BCUT2D eigenvalue weighted by Crippen LogP contribution is 2.30. The quantitative estimate of drug-likeness (QED) is 0.204. The van der Waals surface area contributed by atoms with Gasteiger partial charge in [0.25, 0.3) is 16.0 Å². The van der Waals surface area contributed by atoms with E-state index >= 15 is 0 Å². The van der Waals surface area contributed by atoms with Gasteiger partial charge in [0.2, 0.25) is 0 Å². The highest BCUT2D eigenvalue weighted by Gasteiger charge is 2.27. The zero-order valence-corrected chi connectivity index (χ0v) is 23.1. The molecule has 5 aromatic rings. The Labute approximate surface area is 237 Å². The van der Waals surface area contributed by atoms with E-state index in [0.717, 1.165) is 22.0 Å². The smallest absolute Gasteiger partial charge is 0.297 e. The van der Waals surface area contributed by atoms with Gasteiger partial charge < -0.3 is 15.0 Å². The maximum Gasteiger partial charge on any atom is 0.297 e. The fourth-order valence-corrected chi connectivity index (χ4v) is 5.67. The van der Waals surface area contributed by atoms with Crippen molar-refractivity contribution in [2.24, 2.45) is 0 Å². The minimum absolute atomic E-state index is 0.0246. The van der Waals surface area contributed by atoms with Gasteiger partial charge in [0, 0.05) is 33.4 Å². The fraction of sp³-hybridized carbons (Fsp3) is 0.129. The minimum Gasteiger partial charge on any atom is -0.388 e. The number of anilines is 1. The second kappa shape index (κ2) is 11.7. The van der Waals surface area contributed by atoms with Gasteiger partial charge in [-0.2, -0.15) is 8.42 Å². The fourth-order valence-electron chi connectivity index (χ4n) is 4.56. The summed E-state index contributed by atoms with van der Waals surface area (Å²) in [6, 6.07) is 29.0. The van der Waals surface area contributed by atoms with Crippen molar-refractivity contribution in [2.45, 2.75) is 24.0 Å². The van der Waals surface area contributed by atoms with Crippen LogP contribution < -0.4 is 5.32 Å². The highest BCUT2D eigenvalue weighted by molar-refractivity contribution is 7.86. The van der Waals surface area contributed by atoms with Crippen LogP contribution in [0, 0.1) is 6.92 Å². The highest BCUT2D eigenvalue weighted by atomic mass is 35.5. The molecule has 9 heteroatoms. The summed E-state index contributed by atoms with van der Waals surface area (Å²) >= 11 is 6.03. The molecule has 1 heterocycles. The predicted molar refractivity (Wildman–Crippen MR) is 156 cm³/mol. The van der Waals surface area contributed by atoms with E-state index in [4.69, 9.17) is 15.8 Å². The first-order valence-corrected chi connectivity index (χ1v) is 14.4. The van der Waals surface area contributed by atoms with Crippen molar-refractivity contribution >= 4 is 44.2 Å². The molecule has 40 heavy (non-hydrogen) atoms. The molecule has 0 saturated carbocycles. The summed E-state index contributed by atoms with van der Waals surface area (Å²) in [6.07, 6.45) is 0.600. The molecule has 0 aliphatic rings. The summed E-state index contributed by atoms with van der Waals surface area (Å²) < 4.78 is 32.7. The van der Waals surface area contributed by atoms with Gasteiger partial charge in [0.15, 0.2) is 0 Å². The normalized spacial score (nSPS) is 13.2. The molecule has 1 aromatic heterocycles. The van der Waals surface area contributed by atoms with Crippen LogP contribution in [0.3, 0.4) is 0 Å². The number of aryl methyl sites for hydroxylation is 1. The van der Waals surface area contributed by atoms with Gasteiger partial charge in [-0.25, -0.2) is 0 Å². The minimum atomic E-state index is -4.06. The molecule has 0 saturated heterocycles. The summed E-state index contributed by atoms with van der Waals surface area (Å²) in [6.45, 7) is 1.41. The van der Waals surface area contributed by atoms with Crippen molar-refractivity contribution < 1.29 is 22.5 Å². The number of hydrogen-bond acceptors (Lipinski definition) is 5. The lowest BCUT2D eigenvalue weighted by Crippen LogP contribution is -2.30. The summed E-state index contributed by atoms with van der Waals surface area (Å²) in [7, 11) is -4.06. The molecule has 4 aromatic carbocycles. The van der Waals surface area contributed by atoms with E-state index < -0.39 is 28.9 Å². The van der Waals surface area contributed by atoms with Gasteiger partial charge in [0.1, 0.15) is 6.10 Å². The summed E-state index contributed by atoms with van der Waals surface area (Å²) in [5.41, 5.74) is 3.49. The van der Waals surface area contributed by atoms with Crippen LogP contribution in [0.5, 0.6) is 0 Å². The Morgan fingerprint density at radius 3 is 2.42 bits per heavy atom. The van der Waals surface area contributed by atoms with E-state index in [0.29, 0.717) is 16.3 Å². The van der Waals surface area contributed by atoms with Crippen LogP contribution in [0.2, 0.25) is 5.02 Å². The number of amides is 1. The number of benzene rings is 4. The third-order valence-electron chi connectivity index (χ3n) is 6.57. The molecular weight excluding hydrogens is 548 g/mol. The molecule has 0 aliphatic carbocycles. The Balaban J connectivity index is 1.41. The molecule has 0 aliphatic heterocycles. The molecule has 2 atom stereocenters. The summed E-state index contributed by atoms with van der Waals surface area (Å²) in [5.74, 6) is -0.286. The topological polar surface area (TPSA) is 97.6 Å². The molecule has 2 N–H and O–H groups in total. The van der Waals surface area contributed by atoms with Gasteiger partial charge in [-0.15, -0.1) is 0 Å². The van der Waals surface area contributed by atoms with Crippen LogP contribution in [0.1, 0.15) is 27.5 Å². The SMILES string of the molecule is Cc1ccc(S(=O)(=O)OC[C@@H](O)[C@H](c2ccccc2)n2ccc3cc(C(=O)Nc4cccc(Cl)c4)ccc32)cc1. The van der Waals surface area contributed by atoms with Gasteiger partial charge in [-0.05, 0) is 67.1 Å². The Hall–Kier alpha value is -3.95. The molecule has 0 unspecified atom stereocenters. The number of rotatable bonds is 9. The van der Waals surface area contributed by atoms with Crippen molar-refractivity contribution in [3.63, 3.8) is 0 Å². The monoisotopic (exact) mass is 574 g/mol. The number of nitrogens with zero attached hydrogens (tertiary/aromatic N) is 1. The number of nitrogens with one attached hydrogen (secondary N) is 1. The van der Waals surface area contributed by atoms with Crippen LogP contribution >= 0.6 is 11.6 Å². The van der Waals surface area contributed by atoms with E-state index in [-0.39, 0.29) is 10.8 Å². The largest absolute Gasteiger partial charge is 0.388 e. The molecule has 0 bridgehead atoms. The maximum atomic E-state index is 12.9. The van der Waals surface area contributed by atoms with Crippen molar-refractivity contribution in [1.82, 2.24) is 4.57 Å². The van der Waals surface area contributed by atoms with Gasteiger partial charge in [0.05, 0.1) is 17.5 Å². The van der Waals surface area contributed by atoms with Crippen LogP contribution in [0.4, 0.5) is 5.69 Å². The Morgan fingerprint density at radius 1 is 0.950 bits per heavy atom. The van der Waals surface area contributed by atoms with E-state index in [1.807, 2.05) is 47.9 Å². The van der Waals surface area contributed by atoms with Crippen LogP contribution in [0.25, 0.3) is 10.9 Å². The number of aliphatic hydroxyl groups excluding tert-OH is 1. The number of aromatic nitrogens is 1. The summed E-state index contributed by atoms with van der Waals surface area (Å²) in [4.78, 5) is 12.9. The third kappa shape index (κ3) is 6.11. The lowest BCUT2D eigenvalue weighted by Gasteiger charge is -2.26. The molecular formula is C31H27ClN2O5S. The first-order valence-electron chi connectivity index (χ1n) is 12.6. The molecule has 0 fully saturated rings. The van der Waals surface area contributed by atoms with Crippen molar-refractivity contribution in [1.29, 1.82) is 0 Å². The second-order valence-electron chi connectivity index (χ2n) is 9.44. The Bertz CT molecular complexity index is 1750. The van der Waals surface area contributed by atoms with E-state index in [9.17, 15) is 18.3 Å². The van der Waals surface area contributed by atoms with Crippen LogP contribution in [-0.4, -0.2) is 36.7 Å². The lowest BCUT2D eigenvalue weighted by atomic mass is 10.0. The molecule has 1 amide bonds. The van der Waals surface area contributed by atoms with E-state index in [1.54, 1.807) is 60.8 Å². The average Bonchev–Trinajstić information content (AvgIpc) is 3.36. The third-order valence-corrected chi connectivity index (χ3v) is 8.10. The number of carbonyl (C=O) groups excluding carboxylic acids is 1. The zero-order valence-electron chi connectivity index (χ0n) is 21.6.